The molecule has 0 fully saturated rings. The Labute approximate surface area is 146 Å². The van der Waals surface area contributed by atoms with Crippen LogP contribution in [0.4, 0.5) is 5.82 Å². The number of anilines is 1. The van der Waals surface area contributed by atoms with E-state index in [2.05, 4.69) is 25.6 Å². The minimum absolute atomic E-state index is 0.228. The van der Waals surface area contributed by atoms with Crippen LogP contribution in [0.15, 0.2) is 61.2 Å². The van der Waals surface area contributed by atoms with Crippen molar-refractivity contribution in [1.82, 2.24) is 20.3 Å². The summed E-state index contributed by atoms with van der Waals surface area (Å²) in [7, 11) is 0. The average molecular weight is 333 g/mol. The van der Waals surface area contributed by atoms with Gasteiger partial charge in [0.2, 0.25) is 0 Å². The molecule has 3 rings (SSSR count). The summed E-state index contributed by atoms with van der Waals surface area (Å²) in [6.45, 7) is 3.06. The Bertz CT molecular complexity index is 851. The SMILES string of the molecule is Cc1cccc(CNC(=O)c2cc(NCc3cccnc3)ncn2)c1. The predicted octanol–water partition coefficient (Wildman–Crippen LogP) is 2.72. The van der Waals surface area contributed by atoms with Crippen LogP contribution in [0.3, 0.4) is 0 Å². The van der Waals surface area contributed by atoms with Gasteiger partial charge >= 0.3 is 0 Å². The molecule has 126 valence electrons. The van der Waals surface area contributed by atoms with Gasteiger partial charge in [-0.1, -0.05) is 35.9 Å². The number of rotatable bonds is 6. The number of aromatic nitrogens is 3. The van der Waals surface area contributed by atoms with Crippen molar-refractivity contribution in [2.45, 2.75) is 20.0 Å². The first kappa shape index (κ1) is 16.6. The maximum absolute atomic E-state index is 12.3. The highest BCUT2D eigenvalue weighted by atomic mass is 16.1. The zero-order valence-electron chi connectivity index (χ0n) is 13.9. The highest BCUT2D eigenvalue weighted by Gasteiger charge is 2.08. The van der Waals surface area contributed by atoms with E-state index in [0.29, 0.717) is 24.6 Å². The lowest BCUT2D eigenvalue weighted by atomic mass is 10.1. The summed E-state index contributed by atoms with van der Waals surface area (Å²) in [4.78, 5) is 24.5. The van der Waals surface area contributed by atoms with Crippen LogP contribution in [0.2, 0.25) is 0 Å². The Morgan fingerprint density at radius 1 is 1.04 bits per heavy atom. The molecule has 0 saturated carbocycles. The van der Waals surface area contributed by atoms with Gasteiger partial charge in [0.15, 0.2) is 0 Å². The highest BCUT2D eigenvalue weighted by Crippen LogP contribution is 2.08. The molecular weight excluding hydrogens is 314 g/mol. The number of carbonyl (C=O) groups is 1. The maximum atomic E-state index is 12.3. The number of nitrogens with one attached hydrogen (secondary N) is 2. The molecule has 25 heavy (non-hydrogen) atoms. The molecular formula is C19H19N5O. The van der Waals surface area contributed by atoms with Crippen molar-refractivity contribution in [3.63, 3.8) is 0 Å². The molecule has 0 aliphatic carbocycles. The van der Waals surface area contributed by atoms with E-state index in [1.54, 1.807) is 18.5 Å². The Morgan fingerprint density at radius 3 is 2.72 bits per heavy atom. The van der Waals surface area contributed by atoms with Gasteiger partial charge < -0.3 is 10.6 Å². The van der Waals surface area contributed by atoms with Crippen molar-refractivity contribution in [3.8, 4) is 0 Å². The van der Waals surface area contributed by atoms with Crippen LogP contribution < -0.4 is 10.6 Å². The van der Waals surface area contributed by atoms with E-state index < -0.39 is 0 Å². The minimum atomic E-state index is -0.228. The number of aryl methyl sites for hydroxylation is 1. The Kier molecular flexibility index (Phi) is 5.31. The lowest BCUT2D eigenvalue weighted by molar-refractivity contribution is 0.0946. The summed E-state index contributed by atoms with van der Waals surface area (Å²) < 4.78 is 0. The highest BCUT2D eigenvalue weighted by molar-refractivity contribution is 5.92. The molecule has 0 aliphatic heterocycles. The fraction of sp³-hybridized carbons (Fsp3) is 0.158. The van der Waals surface area contributed by atoms with E-state index in [0.717, 1.165) is 16.7 Å². The molecule has 3 aromatic rings. The fourth-order valence-electron chi connectivity index (χ4n) is 2.37. The van der Waals surface area contributed by atoms with Gasteiger partial charge in [0, 0.05) is 31.5 Å². The number of hydrogen-bond acceptors (Lipinski definition) is 5. The first-order valence-corrected chi connectivity index (χ1v) is 7.99. The molecule has 0 radical (unpaired) electrons. The second-order valence-corrected chi connectivity index (χ2v) is 5.68. The van der Waals surface area contributed by atoms with Crippen molar-refractivity contribution in [1.29, 1.82) is 0 Å². The van der Waals surface area contributed by atoms with Gasteiger partial charge in [0.05, 0.1) is 0 Å². The largest absolute Gasteiger partial charge is 0.366 e. The molecule has 0 atom stereocenters. The number of benzene rings is 1. The van der Waals surface area contributed by atoms with Gasteiger partial charge in [-0.3, -0.25) is 9.78 Å². The summed E-state index contributed by atoms with van der Waals surface area (Å²) >= 11 is 0. The van der Waals surface area contributed by atoms with Gasteiger partial charge in [-0.05, 0) is 24.1 Å². The minimum Gasteiger partial charge on any atom is -0.366 e. The van der Waals surface area contributed by atoms with E-state index in [9.17, 15) is 4.79 Å². The summed E-state index contributed by atoms with van der Waals surface area (Å²) in [5.41, 5.74) is 3.58. The average Bonchev–Trinajstić information content (AvgIpc) is 2.65. The van der Waals surface area contributed by atoms with Crippen molar-refractivity contribution in [2.24, 2.45) is 0 Å². The van der Waals surface area contributed by atoms with E-state index in [-0.39, 0.29) is 5.91 Å². The van der Waals surface area contributed by atoms with Gasteiger partial charge in [0.1, 0.15) is 17.8 Å². The number of nitrogens with zero attached hydrogens (tertiary/aromatic N) is 3. The normalized spacial score (nSPS) is 10.3. The number of carbonyl (C=O) groups excluding carboxylic acids is 1. The van der Waals surface area contributed by atoms with Crippen LogP contribution >= 0.6 is 0 Å². The topological polar surface area (TPSA) is 79.8 Å². The molecule has 2 N–H and O–H groups in total. The molecule has 6 heteroatoms. The molecule has 1 amide bonds. The van der Waals surface area contributed by atoms with Crippen LogP contribution in [0.1, 0.15) is 27.2 Å². The van der Waals surface area contributed by atoms with E-state index in [1.165, 1.54) is 6.33 Å². The number of hydrogen-bond donors (Lipinski definition) is 2. The van der Waals surface area contributed by atoms with Crippen molar-refractivity contribution < 1.29 is 4.79 Å². The molecule has 0 spiro atoms. The quantitative estimate of drug-likeness (QED) is 0.725. The predicted molar refractivity (Wildman–Crippen MR) is 95.9 cm³/mol. The Balaban J connectivity index is 1.59. The first-order valence-electron chi connectivity index (χ1n) is 7.99. The summed E-state index contributed by atoms with van der Waals surface area (Å²) in [5.74, 6) is 0.368. The van der Waals surface area contributed by atoms with E-state index in [1.807, 2.05) is 43.3 Å². The van der Waals surface area contributed by atoms with Crippen LogP contribution in [-0.2, 0) is 13.1 Å². The van der Waals surface area contributed by atoms with Crippen LogP contribution in [-0.4, -0.2) is 20.9 Å². The van der Waals surface area contributed by atoms with Gasteiger partial charge in [-0.2, -0.15) is 0 Å². The molecule has 2 aromatic heterocycles. The number of pyridine rings is 1. The summed E-state index contributed by atoms with van der Waals surface area (Å²) in [5, 5.41) is 6.04. The molecule has 0 bridgehead atoms. The second-order valence-electron chi connectivity index (χ2n) is 5.68. The van der Waals surface area contributed by atoms with E-state index in [4.69, 9.17) is 0 Å². The van der Waals surface area contributed by atoms with Crippen LogP contribution in [0.5, 0.6) is 0 Å². The summed E-state index contributed by atoms with van der Waals surface area (Å²) in [6, 6.07) is 13.5. The third kappa shape index (κ3) is 4.84. The van der Waals surface area contributed by atoms with Crippen LogP contribution in [0, 0.1) is 6.92 Å². The molecule has 0 unspecified atom stereocenters. The van der Waals surface area contributed by atoms with Gasteiger partial charge in [0.25, 0.3) is 5.91 Å². The molecule has 0 saturated heterocycles. The van der Waals surface area contributed by atoms with E-state index >= 15 is 0 Å². The maximum Gasteiger partial charge on any atom is 0.270 e. The van der Waals surface area contributed by atoms with Crippen molar-refractivity contribution in [3.05, 3.63) is 83.6 Å². The van der Waals surface area contributed by atoms with Crippen molar-refractivity contribution in [2.75, 3.05) is 5.32 Å². The first-order chi connectivity index (χ1) is 12.2. The lowest BCUT2D eigenvalue weighted by Gasteiger charge is -2.08. The molecule has 6 nitrogen and oxygen atoms in total. The van der Waals surface area contributed by atoms with Gasteiger partial charge in [-0.15, -0.1) is 0 Å². The molecule has 0 aliphatic rings. The van der Waals surface area contributed by atoms with Crippen LogP contribution in [0.25, 0.3) is 0 Å². The second kappa shape index (κ2) is 8.01. The zero-order valence-corrected chi connectivity index (χ0v) is 13.9. The van der Waals surface area contributed by atoms with Gasteiger partial charge in [-0.25, -0.2) is 9.97 Å². The fourth-order valence-corrected chi connectivity index (χ4v) is 2.37. The Morgan fingerprint density at radius 2 is 1.92 bits per heavy atom. The Hall–Kier alpha value is -3.28. The third-order valence-corrected chi connectivity index (χ3v) is 3.63. The molecule has 2 heterocycles. The summed E-state index contributed by atoms with van der Waals surface area (Å²) in [6.07, 6.45) is 4.89. The standard InChI is InChI=1S/C19H19N5O/c1-14-4-2-5-15(8-14)11-22-19(25)17-9-18(24-13-23-17)21-12-16-6-3-7-20-10-16/h2-10,13H,11-12H2,1H3,(H,22,25)(H,21,23,24). The van der Waals surface area contributed by atoms with Crippen molar-refractivity contribution >= 4 is 11.7 Å². The lowest BCUT2D eigenvalue weighted by Crippen LogP contribution is -2.24. The smallest absolute Gasteiger partial charge is 0.270 e. The third-order valence-electron chi connectivity index (χ3n) is 3.63. The zero-order chi connectivity index (χ0) is 17.5. The molecule has 1 aromatic carbocycles. The monoisotopic (exact) mass is 333 g/mol. The number of amides is 1.